The molecule has 1 aromatic heterocycles. The Balaban J connectivity index is 2.23. The van der Waals surface area contributed by atoms with Crippen LogP contribution >= 0.6 is 0 Å². The summed E-state index contributed by atoms with van der Waals surface area (Å²) in [6.07, 6.45) is -4.99. The number of hydrogen-bond donors (Lipinski definition) is 1. The normalized spacial score (nSPS) is 11.4. The van der Waals surface area contributed by atoms with E-state index in [0.29, 0.717) is 0 Å². The summed E-state index contributed by atoms with van der Waals surface area (Å²) in [4.78, 5) is 24.6. The van der Waals surface area contributed by atoms with Gasteiger partial charge in [0.2, 0.25) is 11.6 Å². The van der Waals surface area contributed by atoms with E-state index in [1.807, 2.05) is 0 Å². The Kier molecular flexibility index (Phi) is 5.40. The van der Waals surface area contributed by atoms with Gasteiger partial charge < -0.3 is 10.0 Å². The van der Waals surface area contributed by atoms with E-state index in [-0.39, 0.29) is 17.8 Å². The Labute approximate surface area is 140 Å². The molecule has 0 aliphatic carbocycles. The zero-order valence-electron chi connectivity index (χ0n) is 13.2. The Morgan fingerprint density at radius 3 is 2.40 bits per heavy atom. The second-order valence-electron chi connectivity index (χ2n) is 5.14. The van der Waals surface area contributed by atoms with Crippen molar-refractivity contribution in [2.24, 2.45) is 0 Å². The highest BCUT2D eigenvalue weighted by atomic mass is 19.4. The van der Waals surface area contributed by atoms with Crippen molar-refractivity contribution in [1.29, 1.82) is 0 Å². The van der Waals surface area contributed by atoms with Gasteiger partial charge in [-0.2, -0.15) is 13.2 Å². The molecule has 134 valence electrons. The van der Waals surface area contributed by atoms with Crippen LogP contribution in [0.25, 0.3) is 0 Å². The molecule has 0 fully saturated rings. The van der Waals surface area contributed by atoms with E-state index in [0.717, 1.165) is 5.56 Å². The van der Waals surface area contributed by atoms with E-state index in [1.165, 1.54) is 4.90 Å². The Hall–Kier alpha value is -2.91. The second-order valence-corrected chi connectivity index (χ2v) is 5.14. The maximum atomic E-state index is 13.1. The van der Waals surface area contributed by atoms with Crippen LogP contribution in [0.15, 0.2) is 30.3 Å². The zero-order chi connectivity index (χ0) is 18.6. The standard InChI is InChI=1S/C15H15F3N4O3/c1-2-21(8-10-6-4-3-5-7-10)11(23)9-22-13(15(16,17)18)12(14(24)25)19-20-22/h3-7H,2,8-9H2,1H3,(H,24,25). The smallest absolute Gasteiger partial charge is 0.435 e. The number of hydrogen-bond acceptors (Lipinski definition) is 4. The minimum absolute atomic E-state index is 0.220. The van der Waals surface area contributed by atoms with Gasteiger partial charge in [-0.25, -0.2) is 9.48 Å². The predicted molar refractivity (Wildman–Crippen MR) is 79.5 cm³/mol. The van der Waals surface area contributed by atoms with E-state index in [4.69, 9.17) is 5.11 Å². The molecule has 0 aliphatic rings. The fraction of sp³-hybridized carbons (Fsp3) is 0.333. The van der Waals surface area contributed by atoms with Crippen molar-refractivity contribution in [2.45, 2.75) is 26.2 Å². The lowest BCUT2D eigenvalue weighted by Gasteiger charge is -2.21. The molecule has 0 atom stereocenters. The van der Waals surface area contributed by atoms with Crippen LogP contribution in [-0.4, -0.2) is 43.4 Å². The van der Waals surface area contributed by atoms with Crippen LogP contribution in [0.2, 0.25) is 0 Å². The number of carbonyl (C=O) groups excluding carboxylic acids is 1. The predicted octanol–water partition coefficient (Wildman–Crippen LogP) is 2.04. The van der Waals surface area contributed by atoms with Gasteiger partial charge in [-0.3, -0.25) is 4.79 Å². The molecule has 0 spiro atoms. The molecule has 0 radical (unpaired) electrons. The van der Waals surface area contributed by atoms with Gasteiger partial charge in [0.05, 0.1) is 0 Å². The topological polar surface area (TPSA) is 88.3 Å². The van der Waals surface area contributed by atoms with Gasteiger partial charge in [-0.05, 0) is 12.5 Å². The monoisotopic (exact) mass is 356 g/mol. The summed E-state index contributed by atoms with van der Waals surface area (Å²) >= 11 is 0. The molecule has 1 amide bonds. The van der Waals surface area contributed by atoms with Crippen LogP contribution in [0.1, 0.15) is 28.7 Å². The SMILES string of the molecule is CCN(Cc1ccccc1)C(=O)Cn1nnc(C(=O)O)c1C(F)(F)F. The number of halogens is 3. The van der Waals surface area contributed by atoms with Crippen LogP contribution in [0.3, 0.4) is 0 Å². The molecular weight excluding hydrogens is 341 g/mol. The highest BCUT2D eigenvalue weighted by Gasteiger charge is 2.42. The van der Waals surface area contributed by atoms with Crippen molar-refractivity contribution < 1.29 is 27.9 Å². The molecule has 2 aromatic rings. The van der Waals surface area contributed by atoms with E-state index in [1.54, 1.807) is 37.3 Å². The first-order chi connectivity index (χ1) is 11.7. The van der Waals surface area contributed by atoms with Crippen molar-refractivity contribution >= 4 is 11.9 Å². The highest BCUT2D eigenvalue weighted by Crippen LogP contribution is 2.31. The number of aromatic carboxylic acids is 1. The van der Waals surface area contributed by atoms with E-state index in [2.05, 4.69) is 10.3 Å². The van der Waals surface area contributed by atoms with Gasteiger partial charge in [0, 0.05) is 13.1 Å². The van der Waals surface area contributed by atoms with Crippen molar-refractivity contribution in [3.8, 4) is 0 Å². The van der Waals surface area contributed by atoms with E-state index in [9.17, 15) is 22.8 Å². The van der Waals surface area contributed by atoms with Gasteiger partial charge in [0.1, 0.15) is 6.54 Å². The number of aromatic nitrogens is 3. The van der Waals surface area contributed by atoms with Gasteiger partial charge >= 0.3 is 12.1 Å². The first-order valence-electron chi connectivity index (χ1n) is 7.29. The summed E-state index contributed by atoms with van der Waals surface area (Å²) in [5, 5.41) is 15.0. The maximum absolute atomic E-state index is 13.1. The first kappa shape index (κ1) is 18.4. The molecule has 1 N–H and O–H groups in total. The summed E-state index contributed by atoms with van der Waals surface area (Å²) < 4.78 is 39.6. The molecule has 25 heavy (non-hydrogen) atoms. The fourth-order valence-electron chi connectivity index (χ4n) is 2.26. The Morgan fingerprint density at radius 2 is 1.88 bits per heavy atom. The summed E-state index contributed by atoms with van der Waals surface area (Å²) in [6, 6.07) is 8.95. The number of carbonyl (C=O) groups is 2. The van der Waals surface area contributed by atoms with Crippen molar-refractivity contribution in [3.05, 3.63) is 47.3 Å². The summed E-state index contributed by atoms with van der Waals surface area (Å²) in [5.41, 5.74) is -1.96. The number of carboxylic acids is 1. The van der Waals surface area contributed by atoms with Crippen LogP contribution in [0.4, 0.5) is 13.2 Å². The van der Waals surface area contributed by atoms with Crippen LogP contribution < -0.4 is 0 Å². The number of likely N-dealkylation sites (N-methyl/N-ethyl adjacent to an activating group) is 1. The van der Waals surface area contributed by atoms with Crippen LogP contribution in [0.5, 0.6) is 0 Å². The quantitative estimate of drug-likeness (QED) is 0.856. The maximum Gasteiger partial charge on any atom is 0.435 e. The largest absolute Gasteiger partial charge is 0.476 e. The number of benzene rings is 1. The molecule has 0 bridgehead atoms. The van der Waals surface area contributed by atoms with Crippen LogP contribution in [0, 0.1) is 0 Å². The highest BCUT2D eigenvalue weighted by molar-refractivity contribution is 5.87. The third-order valence-electron chi connectivity index (χ3n) is 3.44. The van der Waals surface area contributed by atoms with Crippen molar-refractivity contribution in [1.82, 2.24) is 19.9 Å². The number of rotatable bonds is 6. The number of carboxylic acid groups (broad SMARTS) is 1. The molecular formula is C15H15F3N4O3. The summed E-state index contributed by atoms with van der Waals surface area (Å²) in [5.74, 6) is -2.48. The third-order valence-corrected chi connectivity index (χ3v) is 3.44. The lowest BCUT2D eigenvalue weighted by molar-refractivity contribution is -0.146. The molecule has 0 unspecified atom stereocenters. The molecule has 7 nitrogen and oxygen atoms in total. The second kappa shape index (κ2) is 7.32. The molecule has 2 rings (SSSR count). The number of alkyl halides is 3. The van der Waals surface area contributed by atoms with Gasteiger partial charge in [-0.1, -0.05) is 35.5 Å². The average molecular weight is 356 g/mol. The molecule has 1 heterocycles. The van der Waals surface area contributed by atoms with E-state index >= 15 is 0 Å². The minimum Gasteiger partial charge on any atom is -0.476 e. The molecule has 1 aromatic carbocycles. The lowest BCUT2D eigenvalue weighted by atomic mass is 10.2. The van der Waals surface area contributed by atoms with Gasteiger partial charge in [0.25, 0.3) is 0 Å². The number of amides is 1. The van der Waals surface area contributed by atoms with Gasteiger partial charge in [0.15, 0.2) is 5.69 Å². The zero-order valence-corrected chi connectivity index (χ0v) is 13.2. The molecule has 10 heteroatoms. The first-order valence-corrected chi connectivity index (χ1v) is 7.29. The van der Waals surface area contributed by atoms with Crippen LogP contribution in [-0.2, 0) is 24.1 Å². The third kappa shape index (κ3) is 4.34. The lowest BCUT2D eigenvalue weighted by Crippen LogP contribution is -2.34. The molecule has 0 saturated carbocycles. The summed E-state index contributed by atoms with van der Waals surface area (Å²) in [6.45, 7) is 1.43. The fourth-order valence-corrected chi connectivity index (χ4v) is 2.26. The summed E-state index contributed by atoms with van der Waals surface area (Å²) in [7, 11) is 0. The Morgan fingerprint density at radius 1 is 1.24 bits per heavy atom. The molecule has 0 saturated heterocycles. The minimum atomic E-state index is -4.99. The van der Waals surface area contributed by atoms with Crippen molar-refractivity contribution in [2.75, 3.05) is 6.54 Å². The Bertz CT molecular complexity index is 759. The van der Waals surface area contributed by atoms with Gasteiger partial charge in [-0.15, -0.1) is 5.10 Å². The van der Waals surface area contributed by atoms with E-state index < -0.39 is 36.0 Å². The average Bonchev–Trinajstić information content (AvgIpc) is 2.97. The number of nitrogens with zero attached hydrogens (tertiary/aromatic N) is 4. The molecule has 0 aliphatic heterocycles. The van der Waals surface area contributed by atoms with Crippen molar-refractivity contribution in [3.63, 3.8) is 0 Å².